The summed E-state index contributed by atoms with van der Waals surface area (Å²) >= 11 is 15.3. The van der Waals surface area contributed by atoms with E-state index >= 15 is 0 Å². The lowest BCUT2D eigenvalue weighted by atomic mass is 10.1. The number of rotatable bonds is 10. The zero-order chi connectivity index (χ0) is 41.6. The molecular weight excluding hydrogens is 850 g/mol. The fourth-order valence-electron chi connectivity index (χ4n) is 6.21. The number of carbonyl (C=O) groups is 2. The summed E-state index contributed by atoms with van der Waals surface area (Å²) in [4.78, 5) is 40.4. The lowest BCUT2D eigenvalue weighted by molar-refractivity contribution is -0.129. The van der Waals surface area contributed by atoms with Crippen LogP contribution in [-0.4, -0.2) is 98.6 Å². The molecule has 57 heavy (non-hydrogen) atoms. The van der Waals surface area contributed by atoms with Crippen LogP contribution >= 0.6 is 56.2 Å². The summed E-state index contributed by atoms with van der Waals surface area (Å²) < 4.78 is 9.09. The predicted octanol–water partition coefficient (Wildman–Crippen LogP) is 7.77. The van der Waals surface area contributed by atoms with Crippen molar-refractivity contribution in [3.8, 4) is 0 Å². The molecule has 2 saturated heterocycles. The maximum Gasteiger partial charge on any atom is 0.219 e. The normalized spacial score (nSPS) is 13.8. The number of amides is 2. The molecule has 4 heterocycles. The monoisotopic (exact) mass is 898 g/mol. The third kappa shape index (κ3) is 18.1. The second-order valence-electron chi connectivity index (χ2n) is 13.2. The molecule has 0 unspecified atom stereocenters. The Morgan fingerprint density at radius 1 is 0.579 bits per heavy atom. The number of nitrogens with zero attached hydrogens (tertiary/aromatic N) is 6. The van der Waals surface area contributed by atoms with Crippen LogP contribution in [0.3, 0.4) is 0 Å². The van der Waals surface area contributed by atoms with Crippen LogP contribution in [0.1, 0.15) is 47.5 Å². The van der Waals surface area contributed by atoms with Gasteiger partial charge < -0.3 is 24.7 Å². The third-order valence-electron chi connectivity index (χ3n) is 9.52. The van der Waals surface area contributed by atoms with E-state index in [-0.39, 0.29) is 23.8 Å². The van der Waals surface area contributed by atoms with Gasteiger partial charge in [0.25, 0.3) is 0 Å². The highest BCUT2D eigenvalue weighted by Crippen LogP contribution is 2.19. The van der Waals surface area contributed by atoms with E-state index < -0.39 is 9.23 Å². The van der Waals surface area contributed by atoms with E-state index in [1.807, 2.05) is 34.3 Å². The van der Waals surface area contributed by atoms with E-state index in [0.717, 1.165) is 112 Å². The Kier molecular flexibility index (Phi) is 22.6. The maximum absolute atomic E-state index is 11.4. The Balaban J connectivity index is 0.000000263. The molecule has 0 bridgehead atoms. The van der Waals surface area contributed by atoms with Crippen molar-refractivity contribution in [3.05, 3.63) is 119 Å². The number of carbonyl (C=O) groups excluding carboxylic acids is 2. The van der Waals surface area contributed by atoms with Crippen molar-refractivity contribution in [3.63, 3.8) is 0 Å². The summed E-state index contributed by atoms with van der Waals surface area (Å²) in [5.74, 6) is 0.872. The van der Waals surface area contributed by atoms with Gasteiger partial charge in [0.15, 0.2) is 0 Å². The first-order chi connectivity index (χ1) is 27.5. The van der Waals surface area contributed by atoms with Crippen LogP contribution in [0.2, 0.25) is 0 Å². The van der Waals surface area contributed by atoms with Gasteiger partial charge in [-0.2, -0.15) is 0 Å². The quantitative estimate of drug-likeness (QED) is 0.127. The zero-order valence-corrected chi connectivity index (χ0v) is 36.9. The number of alkyl halides is 3. The number of piperazine rings is 2. The molecule has 0 saturated carbocycles. The molecule has 0 spiro atoms. The first kappa shape index (κ1) is 48.2. The smallest absolute Gasteiger partial charge is 0.219 e. The van der Waals surface area contributed by atoms with Crippen LogP contribution in [-0.2, 0) is 57.0 Å². The summed E-state index contributed by atoms with van der Waals surface area (Å²) in [7, 11) is 7.36. The molecule has 4 aromatic rings. The molecule has 310 valence electrons. The minimum Gasteiger partial charge on any atom is -0.392 e. The number of benzene rings is 2. The molecular formula is C41H51Cl5N6O4S. The molecule has 10 nitrogen and oxygen atoms in total. The molecule has 2 aliphatic rings. The van der Waals surface area contributed by atoms with Crippen molar-refractivity contribution < 1.29 is 18.9 Å². The SMILES string of the molecule is CC(=O)N1CCN(c2ccc(CCc3ccc(CCl)cc3)nc2)CC1.CC(=O)N1CCN(c2ccc(CCc3ccc(CO)cc3)nc2)CC1.ClCCl.O=S(Cl)Cl. The maximum atomic E-state index is 11.4. The topological polar surface area (TPSA) is 110 Å². The summed E-state index contributed by atoms with van der Waals surface area (Å²) in [6.07, 6.45) is 7.64. The molecule has 0 radical (unpaired) electrons. The summed E-state index contributed by atoms with van der Waals surface area (Å²) in [6, 6.07) is 25.0. The van der Waals surface area contributed by atoms with E-state index in [0.29, 0.717) is 5.88 Å². The van der Waals surface area contributed by atoms with Gasteiger partial charge >= 0.3 is 0 Å². The van der Waals surface area contributed by atoms with Crippen molar-refractivity contribution in [2.24, 2.45) is 0 Å². The first-order valence-corrected chi connectivity index (χ1v) is 23.0. The Morgan fingerprint density at radius 2 is 0.912 bits per heavy atom. The molecule has 2 aromatic carbocycles. The van der Waals surface area contributed by atoms with Crippen LogP contribution in [0.25, 0.3) is 0 Å². The number of aryl methyl sites for hydroxylation is 4. The second kappa shape index (κ2) is 26.8. The molecule has 2 aliphatic heterocycles. The molecule has 2 aromatic heterocycles. The van der Waals surface area contributed by atoms with Crippen molar-refractivity contribution in [1.82, 2.24) is 19.8 Å². The number of aromatic nitrogens is 2. The van der Waals surface area contributed by atoms with Gasteiger partial charge in [-0.1, -0.05) is 48.5 Å². The summed E-state index contributed by atoms with van der Waals surface area (Å²) in [5.41, 5.74) is 9.10. The Bertz CT molecular complexity index is 1650. The van der Waals surface area contributed by atoms with Gasteiger partial charge in [0.05, 0.1) is 35.7 Å². The van der Waals surface area contributed by atoms with Crippen LogP contribution in [0.5, 0.6) is 0 Å². The van der Waals surface area contributed by atoms with Gasteiger partial charge in [0.2, 0.25) is 21.0 Å². The van der Waals surface area contributed by atoms with Gasteiger partial charge in [-0.25, -0.2) is 4.21 Å². The van der Waals surface area contributed by atoms with E-state index in [1.54, 1.807) is 13.8 Å². The fourth-order valence-corrected chi connectivity index (χ4v) is 6.39. The number of hydrogen-bond acceptors (Lipinski definition) is 8. The molecule has 2 amide bonds. The van der Waals surface area contributed by atoms with E-state index in [4.69, 9.17) is 44.1 Å². The third-order valence-corrected chi connectivity index (χ3v) is 9.83. The average molecular weight is 901 g/mol. The number of hydrogen-bond donors (Lipinski definition) is 1. The van der Waals surface area contributed by atoms with Crippen molar-refractivity contribution in [1.29, 1.82) is 0 Å². The molecule has 0 atom stereocenters. The molecule has 2 fully saturated rings. The van der Waals surface area contributed by atoms with E-state index in [9.17, 15) is 9.59 Å². The lowest BCUT2D eigenvalue weighted by Crippen LogP contribution is -2.48. The highest BCUT2D eigenvalue weighted by Gasteiger charge is 2.20. The number of aliphatic hydroxyl groups excluding tert-OH is 1. The van der Waals surface area contributed by atoms with Gasteiger partial charge in [-0.05, 0) is 72.2 Å². The van der Waals surface area contributed by atoms with Crippen molar-refractivity contribution in [2.45, 2.75) is 52.0 Å². The molecule has 1 N–H and O–H groups in total. The van der Waals surface area contributed by atoms with Crippen LogP contribution in [0.4, 0.5) is 11.4 Å². The van der Waals surface area contributed by atoms with Gasteiger partial charge in [-0.15, -0.1) is 34.8 Å². The molecule has 6 rings (SSSR count). The number of aliphatic hydroxyl groups is 1. The standard InChI is InChI=1S/C20H24ClN3O.C20H25N3O2.CH2Cl2.Cl2OS/c1-16(25)23-10-12-24(13-11-23)20-9-8-19(22-15-20)7-6-17-2-4-18(14-21)5-3-17;1-16(25)22-10-12-23(13-11-22)20-9-8-19(21-14-20)7-6-17-2-4-18(15-24)5-3-17;2-1-3;1-4(2)3/h2-5,8-9,15H,6-7,10-14H2,1H3;2-5,8-9,14,24H,6-7,10-13,15H2,1H3;1H2;. The predicted molar refractivity (Wildman–Crippen MR) is 237 cm³/mol. The summed E-state index contributed by atoms with van der Waals surface area (Å²) in [6.45, 7) is 9.94. The number of pyridine rings is 2. The lowest BCUT2D eigenvalue weighted by Gasteiger charge is -2.35. The van der Waals surface area contributed by atoms with Gasteiger partial charge in [-0.3, -0.25) is 19.6 Å². The fraction of sp³-hybridized carbons (Fsp3) is 0.415. The van der Waals surface area contributed by atoms with Crippen LogP contribution in [0, 0.1) is 0 Å². The van der Waals surface area contributed by atoms with Crippen LogP contribution in [0.15, 0.2) is 85.2 Å². The first-order valence-electron chi connectivity index (χ1n) is 18.6. The Labute approximate surface area is 363 Å². The minimum absolute atomic E-state index is 0.0873. The average Bonchev–Trinajstić information content (AvgIpc) is 3.23. The van der Waals surface area contributed by atoms with Crippen LogP contribution < -0.4 is 9.80 Å². The minimum atomic E-state index is -1.67. The Morgan fingerprint density at radius 3 is 1.19 bits per heavy atom. The van der Waals surface area contributed by atoms with E-state index in [1.165, 1.54) is 11.1 Å². The zero-order valence-electron chi connectivity index (χ0n) is 32.3. The number of halogens is 5. The molecule has 16 heteroatoms. The molecule has 0 aliphatic carbocycles. The highest BCUT2D eigenvalue weighted by atomic mass is 36.0. The largest absolute Gasteiger partial charge is 0.392 e. The summed E-state index contributed by atoms with van der Waals surface area (Å²) in [5, 5.41) is 9.27. The van der Waals surface area contributed by atoms with Gasteiger partial charge in [0.1, 0.15) is 0 Å². The Hall–Kier alpha value is -3.16. The van der Waals surface area contributed by atoms with Crippen molar-refractivity contribution in [2.75, 3.05) is 67.5 Å². The highest BCUT2D eigenvalue weighted by molar-refractivity contribution is 8.26. The van der Waals surface area contributed by atoms with Crippen molar-refractivity contribution >= 4 is 88.6 Å². The second-order valence-corrected chi connectivity index (χ2v) is 16.8. The van der Waals surface area contributed by atoms with E-state index in [2.05, 4.69) is 102 Å². The number of anilines is 2. The van der Waals surface area contributed by atoms with Gasteiger partial charge in [0, 0.05) is 105 Å².